The van der Waals surface area contributed by atoms with E-state index in [0.29, 0.717) is 4.58 Å². The van der Waals surface area contributed by atoms with Crippen molar-refractivity contribution in [1.82, 2.24) is 0 Å². The first-order valence-electron chi connectivity index (χ1n) is 2.21. The summed E-state index contributed by atoms with van der Waals surface area (Å²) in [5.74, 6) is 0.183. The van der Waals surface area contributed by atoms with Gasteiger partial charge in [-0.15, -0.1) is 11.8 Å². The molecule has 0 aromatic rings. The second kappa shape index (κ2) is 4.81. The minimum Gasteiger partial charge on any atom is -0.386 e. The summed E-state index contributed by atoms with van der Waals surface area (Å²) in [5.41, 5.74) is 0. The van der Waals surface area contributed by atoms with E-state index >= 15 is 0 Å². The van der Waals surface area contributed by atoms with Crippen LogP contribution in [0, 0.1) is 0 Å². The van der Waals surface area contributed by atoms with Crippen molar-refractivity contribution in [3.63, 3.8) is 0 Å². The lowest BCUT2D eigenvalue weighted by molar-refractivity contribution is 0.375. The first-order valence-corrected chi connectivity index (χ1v) is 3.78. The summed E-state index contributed by atoms with van der Waals surface area (Å²) in [5, 5.41) is 8.28. The summed E-state index contributed by atoms with van der Waals surface area (Å²) >= 11 is 5.56. The summed E-state index contributed by atoms with van der Waals surface area (Å²) in [4.78, 5) is 0. The van der Waals surface area contributed by atoms with Gasteiger partial charge in [-0.3, -0.25) is 0 Å². The van der Waals surface area contributed by atoms with Crippen LogP contribution in [0.5, 0.6) is 0 Å². The predicted molar refractivity (Wildman–Crippen MR) is 37.7 cm³/mol. The summed E-state index contributed by atoms with van der Waals surface area (Å²) in [6, 6.07) is 0. The predicted octanol–water partition coefficient (Wildman–Crippen LogP) is 1.34. The Labute approximate surface area is 53.9 Å². The van der Waals surface area contributed by atoms with Gasteiger partial charge in [0.2, 0.25) is 0 Å². The summed E-state index contributed by atoms with van der Waals surface area (Å²) in [7, 11) is 0. The Morgan fingerprint density at radius 2 is 2.43 bits per heavy atom. The van der Waals surface area contributed by atoms with Crippen molar-refractivity contribution in [3.8, 4) is 0 Å². The van der Waals surface area contributed by atoms with Crippen molar-refractivity contribution in [2.45, 2.75) is 17.9 Å². The van der Waals surface area contributed by atoms with Gasteiger partial charge in [0.15, 0.2) is 0 Å². The molecule has 0 rings (SSSR count). The molecule has 7 heavy (non-hydrogen) atoms. The first kappa shape index (κ1) is 7.66. The van der Waals surface area contributed by atoms with Crippen molar-refractivity contribution in [3.05, 3.63) is 0 Å². The van der Waals surface area contributed by atoms with Crippen LogP contribution in [0.15, 0.2) is 0 Å². The highest BCUT2D eigenvalue weighted by atomic mass is 32.2. The molecule has 0 fully saturated rings. The molecule has 44 valence electrons. The lowest BCUT2D eigenvalue weighted by Crippen LogP contribution is -1.88. The number of rotatable bonds is 3. The Bertz CT molecular complexity index is 40.7. The topological polar surface area (TPSA) is 20.2 Å². The number of aliphatic hydroxyl groups is 1. The fourth-order valence-electron chi connectivity index (χ4n) is 0.204. The summed E-state index contributed by atoms with van der Waals surface area (Å²) < 4.78 is 0.310. The van der Waals surface area contributed by atoms with Crippen molar-refractivity contribution in [2.24, 2.45) is 0 Å². The standard InChI is InChI=1S/C4H10OS2/c1-2-4(6)7-3-5/h4-6H,2-3H2,1H3. The van der Waals surface area contributed by atoms with E-state index in [2.05, 4.69) is 12.6 Å². The molecule has 0 spiro atoms. The van der Waals surface area contributed by atoms with Crippen LogP contribution in [-0.4, -0.2) is 15.6 Å². The lowest BCUT2D eigenvalue weighted by Gasteiger charge is -2.01. The van der Waals surface area contributed by atoms with Crippen LogP contribution in [0.2, 0.25) is 0 Å². The number of aliphatic hydroxyl groups excluding tert-OH is 1. The molecule has 0 aliphatic rings. The third kappa shape index (κ3) is 4.51. The Morgan fingerprint density at radius 1 is 1.86 bits per heavy atom. The number of thioether (sulfide) groups is 1. The maximum atomic E-state index is 8.28. The molecular weight excluding hydrogens is 128 g/mol. The molecule has 0 aromatic carbocycles. The van der Waals surface area contributed by atoms with Gasteiger partial charge in [0.1, 0.15) is 0 Å². The van der Waals surface area contributed by atoms with Gasteiger partial charge in [0, 0.05) is 4.58 Å². The van der Waals surface area contributed by atoms with E-state index < -0.39 is 0 Å². The van der Waals surface area contributed by atoms with Crippen molar-refractivity contribution in [1.29, 1.82) is 0 Å². The molecule has 1 N–H and O–H groups in total. The molecule has 0 saturated carbocycles. The number of thiol groups is 1. The highest BCUT2D eigenvalue weighted by molar-refractivity contribution is 8.10. The van der Waals surface area contributed by atoms with Crippen LogP contribution in [0.4, 0.5) is 0 Å². The second-order valence-electron chi connectivity index (χ2n) is 1.16. The van der Waals surface area contributed by atoms with Gasteiger partial charge in [-0.05, 0) is 6.42 Å². The number of hydrogen-bond acceptors (Lipinski definition) is 3. The largest absolute Gasteiger partial charge is 0.386 e. The molecule has 0 aromatic heterocycles. The van der Waals surface area contributed by atoms with E-state index in [0.717, 1.165) is 6.42 Å². The minimum atomic E-state index is 0.183. The van der Waals surface area contributed by atoms with E-state index in [1.54, 1.807) is 0 Å². The van der Waals surface area contributed by atoms with Crippen LogP contribution in [0.1, 0.15) is 13.3 Å². The van der Waals surface area contributed by atoms with Gasteiger partial charge in [-0.2, -0.15) is 12.6 Å². The highest BCUT2D eigenvalue weighted by Crippen LogP contribution is 2.15. The lowest BCUT2D eigenvalue weighted by atomic mass is 10.6. The van der Waals surface area contributed by atoms with Crippen LogP contribution < -0.4 is 0 Å². The van der Waals surface area contributed by atoms with E-state index in [-0.39, 0.29) is 5.94 Å². The molecule has 0 aliphatic heterocycles. The Morgan fingerprint density at radius 3 is 2.57 bits per heavy atom. The zero-order valence-corrected chi connectivity index (χ0v) is 6.01. The molecule has 0 bridgehead atoms. The zero-order valence-electron chi connectivity index (χ0n) is 4.29. The molecule has 1 nitrogen and oxygen atoms in total. The molecule has 0 heterocycles. The van der Waals surface area contributed by atoms with Crippen LogP contribution >= 0.6 is 24.4 Å². The fraction of sp³-hybridized carbons (Fsp3) is 1.00. The van der Waals surface area contributed by atoms with Gasteiger partial charge in [0.05, 0.1) is 5.94 Å². The molecule has 0 saturated heterocycles. The Balaban J connectivity index is 2.83. The highest BCUT2D eigenvalue weighted by Gasteiger charge is 1.94. The van der Waals surface area contributed by atoms with E-state index in [9.17, 15) is 0 Å². The SMILES string of the molecule is CCC(S)SCO. The molecule has 0 aliphatic carbocycles. The smallest absolute Gasteiger partial charge is 0.0897 e. The summed E-state index contributed by atoms with van der Waals surface area (Å²) in [6.07, 6.45) is 1.01. The average molecular weight is 138 g/mol. The van der Waals surface area contributed by atoms with E-state index in [4.69, 9.17) is 5.11 Å². The molecule has 0 radical (unpaired) electrons. The second-order valence-corrected chi connectivity index (χ2v) is 3.29. The van der Waals surface area contributed by atoms with Gasteiger partial charge in [0.25, 0.3) is 0 Å². The van der Waals surface area contributed by atoms with E-state index in [1.807, 2.05) is 6.92 Å². The van der Waals surface area contributed by atoms with Crippen molar-refractivity contribution < 1.29 is 5.11 Å². The fourth-order valence-corrected chi connectivity index (χ4v) is 0.812. The van der Waals surface area contributed by atoms with Gasteiger partial charge in [-0.1, -0.05) is 6.92 Å². The maximum absolute atomic E-state index is 8.28. The molecule has 1 atom stereocenters. The molecule has 3 heteroatoms. The first-order chi connectivity index (χ1) is 3.31. The van der Waals surface area contributed by atoms with Crippen LogP contribution in [0.25, 0.3) is 0 Å². The average Bonchev–Trinajstić information content (AvgIpc) is 1.68. The Hall–Kier alpha value is 0.660. The summed E-state index contributed by atoms with van der Waals surface area (Å²) in [6.45, 7) is 2.04. The number of hydrogen-bond donors (Lipinski definition) is 2. The van der Waals surface area contributed by atoms with Crippen LogP contribution in [-0.2, 0) is 0 Å². The maximum Gasteiger partial charge on any atom is 0.0897 e. The monoisotopic (exact) mass is 138 g/mol. The molecule has 0 amide bonds. The normalized spacial score (nSPS) is 14.1. The zero-order chi connectivity index (χ0) is 5.70. The van der Waals surface area contributed by atoms with E-state index in [1.165, 1.54) is 11.8 Å². The van der Waals surface area contributed by atoms with Gasteiger partial charge >= 0.3 is 0 Å². The van der Waals surface area contributed by atoms with Crippen LogP contribution in [0.3, 0.4) is 0 Å². The Kier molecular flexibility index (Phi) is 5.26. The quantitative estimate of drug-likeness (QED) is 0.453. The molecule has 1 unspecified atom stereocenters. The third-order valence-corrected chi connectivity index (χ3v) is 2.30. The van der Waals surface area contributed by atoms with Crippen molar-refractivity contribution in [2.75, 3.05) is 5.94 Å². The van der Waals surface area contributed by atoms with Gasteiger partial charge < -0.3 is 5.11 Å². The van der Waals surface area contributed by atoms with Crippen molar-refractivity contribution >= 4 is 24.4 Å². The minimum absolute atomic E-state index is 0.183. The molecular formula is C4H10OS2. The third-order valence-electron chi connectivity index (χ3n) is 0.616. The van der Waals surface area contributed by atoms with Gasteiger partial charge in [-0.25, -0.2) is 0 Å².